The summed E-state index contributed by atoms with van der Waals surface area (Å²) in [6, 6.07) is 0. The van der Waals surface area contributed by atoms with Crippen LogP contribution in [-0.2, 0) is 4.79 Å². The van der Waals surface area contributed by atoms with Gasteiger partial charge in [-0.3, -0.25) is 14.9 Å². The zero-order chi connectivity index (χ0) is 10.3. The second-order valence-corrected chi connectivity index (χ2v) is 2.38. The third kappa shape index (κ3) is 5.81. The Bertz CT molecular complexity index is 292. The first kappa shape index (κ1) is 11.6. The average Bonchev–Trinajstić information content (AvgIpc) is 2.03. The number of hydrogen-bond acceptors (Lipinski definition) is 3. The van der Waals surface area contributed by atoms with Crippen LogP contribution in [0, 0.1) is 10.1 Å². The number of hydrogen-bond donors (Lipinski definition) is 0. The predicted octanol–water partition coefficient (Wildman–Crippen LogP) is 2.04. The van der Waals surface area contributed by atoms with Crippen molar-refractivity contribution in [2.45, 2.75) is 6.92 Å². The summed E-state index contributed by atoms with van der Waals surface area (Å²) in [5, 5.41) is 9.57. The first-order valence-corrected chi connectivity index (χ1v) is 3.80. The molecule has 0 heterocycles. The second kappa shape index (κ2) is 6.14. The van der Waals surface area contributed by atoms with Gasteiger partial charge in [0.05, 0.1) is 4.92 Å². The fourth-order valence-corrected chi connectivity index (χ4v) is 0.586. The molecule has 0 atom stereocenters. The van der Waals surface area contributed by atoms with Crippen LogP contribution in [0.15, 0.2) is 36.1 Å². The number of carbonyl (C=O) groups is 1. The van der Waals surface area contributed by atoms with Gasteiger partial charge >= 0.3 is 0 Å². The SMILES string of the molecule is C\C=C/C=C(\C=C\C(=O)Cl)[N+](=O)[O-]. The van der Waals surface area contributed by atoms with Crippen molar-refractivity contribution >= 4 is 16.8 Å². The van der Waals surface area contributed by atoms with Gasteiger partial charge in [-0.1, -0.05) is 12.2 Å². The molecule has 5 heteroatoms. The molecule has 0 unspecified atom stereocenters. The summed E-state index contributed by atoms with van der Waals surface area (Å²) >= 11 is 4.97. The van der Waals surface area contributed by atoms with Crippen molar-refractivity contribution in [3.63, 3.8) is 0 Å². The molecule has 0 rings (SSSR count). The van der Waals surface area contributed by atoms with Gasteiger partial charge in [-0.05, 0) is 18.5 Å². The third-order valence-corrected chi connectivity index (χ3v) is 1.18. The van der Waals surface area contributed by atoms with E-state index in [1.54, 1.807) is 13.0 Å². The van der Waals surface area contributed by atoms with E-state index < -0.39 is 10.2 Å². The van der Waals surface area contributed by atoms with Crippen molar-refractivity contribution in [1.82, 2.24) is 0 Å². The Kier molecular flexibility index (Phi) is 5.47. The van der Waals surface area contributed by atoms with Gasteiger partial charge in [-0.2, -0.15) is 0 Å². The summed E-state index contributed by atoms with van der Waals surface area (Å²) in [6.07, 6.45) is 6.40. The number of nitrogens with zero attached hydrogens (tertiary/aromatic N) is 1. The maximum Gasteiger partial charge on any atom is 0.269 e. The summed E-state index contributed by atoms with van der Waals surface area (Å²) in [5.74, 6) is 0. The highest BCUT2D eigenvalue weighted by Crippen LogP contribution is 1.99. The van der Waals surface area contributed by atoms with Crippen molar-refractivity contribution in [2.24, 2.45) is 0 Å². The molecule has 0 N–H and O–H groups in total. The van der Waals surface area contributed by atoms with Crippen molar-refractivity contribution in [1.29, 1.82) is 0 Å². The van der Waals surface area contributed by atoms with E-state index in [1.807, 2.05) is 0 Å². The maximum absolute atomic E-state index is 10.3. The van der Waals surface area contributed by atoms with Crippen LogP contribution in [0.3, 0.4) is 0 Å². The average molecular weight is 202 g/mol. The topological polar surface area (TPSA) is 60.2 Å². The van der Waals surface area contributed by atoms with Gasteiger partial charge in [0.2, 0.25) is 5.24 Å². The molecular formula is C8H8ClNO3. The van der Waals surface area contributed by atoms with Crippen LogP contribution in [0.1, 0.15) is 6.92 Å². The zero-order valence-corrected chi connectivity index (χ0v) is 7.69. The standard InChI is InChI=1S/C8H8ClNO3/c1-2-3-4-7(10(12)13)5-6-8(9)11/h2-6H,1H3/b3-2-,6-5+,7-4+. The summed E-state index contributed by atoms with van der Waals surface area (Å²) in [6.45, 7) is 1.73. The smallest absolute Gasteiger partial charge is 0.269 e. The van der Waals surface area contributed by atoms with Crippen LogP contribution >= 0.6 is 11.6 Å². The Morgan fingerprint density at radius 2 is 2.08 bits per heavy atom. The van der Waals surface area contributed by atoms with Crippen LogP contribution in [0.25, 0.3) is 0 Å². The van der Waals surface area contributed by atoms with E-state index in [2.05, 4.69) is 0 Å². The maximum atomic E-state index is 10.3. The molecule has 0 aromatic rings. The first-order valence-electron chi connectivity index (χ1n) is 3.43. The number of rotatable bonds is 4. The van der Waals surface area contributed by atoms with E-state index >= 15 is 0 Å². The van der Waals surface area contributed by atoms with E-state index in [0.29, 0.717) is 0 Å². The second-order valence-electron chi connectivity index (χ2n) is 2.01. The van der Waals surface area contributed by atoms with E-state index in [1.165, 1.54) is 12.2 Å². The molecule has 0 amide bonds. The van der Waals surface area contributed by atoms with Gasteiger partial charge in [0.25, 0.3) is 5.70 Å². The molecule has 0 saturated heterocycles. The summed E-state index contributed by atoms with van der Waals surface area (Å²) in [7, 11) is 0. The van der Waals surface area contributed by atoms with Crippen LogP contribution in [-0.4, -0.2) is 10.2 Å². The Balaban J connectivity index is 4.63. The first-order chi connectivity index (χ1) is 6.07. The Morgan fingerprint density at radius 3 is 2.46 bits per heavy atom. The summed E-state index contributed by atoms with van der Waals surface area (Å²) in [4.78, 5) is 20.0. The molecular weight excluding hydrogens is 194 g/mol. The lowest BCUT2D eigenvalue weighted by atomic mass is 10.3. The van der Waals surface area contributed by atoms with Gasteiger partial charge in [-0.25, -0.2) is 0 Å². The lowest BCUT2D eigenvalue weighted by Crippen LogP contribution is -1.95. The monoisotopic (exact) mass is 201 g/mol. The quantitative estimate of drug-likeness (QED) is 0.230. The lowest BCUT2D eigenvalue weighted by Gasteiger charge is -1.87. The molecule has 0 bridgehead atoms. The minimum atomic E-state index is -0.742. The van der Waals surface area contributed by atoms with Crippen LogP contribution in [0.2, 0.25) is 0 Å². The lowest BCUT2D eigenvalue weighted by molar-refractivity contribution is -0.419. The summed E-state index contributed by atoms with van der Waals surface area (Å²) in [5.41, 5.74) is -0.188. The van der Waals surface area contributed by atoms with Crippen molar-refractivity contribution < 1.29 is 9.72 Å². The number of nitro groups is 1. The van der Waals surface area contributed by atoms with Gasteiger partial charge in [0.15, 0.2) is 0 Å². The number of carbonyl (C=O) groups excluding carboxylic acids is 1. The van der Waals surface area contributed by atoms with Gasteiger partial charge in [0.1, 0.15) is 0 Å². The molecule has 0 radical (unpaired) electrons. The van der Waals surface area contributed by atoms with E-state index in [4.69, 9.17) is 11.6 Å². The minimum Gasteiger partial charge on any atom is -0.276 e. The van der Waals surface area contributed by atoms with E-state index in [9.17, 15) is 14.9 Å². The molecule has 0 aliphatic rings. The Labute approximate surface area is 80.3 Å². The Morgan fingerprint density at radius 1 is 1.46 bits per heavy atom. The van der Waals surface area contributed by atoms with Gasteiger partial charge in [0, 0.05) is 18.2 Å². The van der Waals surface area contributed by atoms with Crippen LogP contribution in [0.5, 0.6) is 0 Å². The molecule has 0 saturated carbocycles. The molecule has 0 aromatic carbocycles. The molecule has 13 heavy (non-hydrogen) atoms. The number of halogens is 1. The molecule has 4 nitrogen and oxygen atoms in total. The summed E-state index contributed by atoms with van der Waals surface area (Å²) < 4.78 is 0. The molecule has 0 aromatic heterocycles. The molecule has 0 aliphatic carbocycles. The third-order valence-electron chi connectivity index (χ3n) is 1.06. The van der Waals surface area contributed by atoms with Crippen molar-refractivity contribution in [3.05, 3.63) is 46.2 Å². The highest BCUT2D eigenvalue weighted by molar-refractivity contribution is 6.66. The fourth-order valence-electron chi connectivity index (χ4n) is 0.523. The van der Waals surface area contributed by atoms with Crippen molar-refractivity contribution in [3.8, 4) is 0 Å². The molecule has 0 aliphatic heterocycles. The van der Waals surface area contributed by atoms with Gasteiger partial charge < -0.3 is 0 Å². The highest BCUT2D eigenvalue weighted by atomic mass is 35.5. The van der Waals surface area contributed by atoms with Crippen LogP contribution < -0.4 is 0 Å². The van der Waals surface area contributed by atoms with Gasteiger partial charge in [-0.15, -0.1) is 0 Å². The molecule has 0 spiro atoms. The number of allylic oxidation sites excluding steroid dienone is 5. The van der Waals surface area contributed by atoms with E-state index in [0.717, 1.165) is 12.2 Å². The predicted molar refractivity (Wildman–Crippen MR) is 49.9 cm³/mol. The fraction of sp³-hybridized carbons (Fsp3) is 0.125. The largest absolute Gasteiger partial charge is 0.276 e. The normalized spacial score (nSPS) is 12.6. The Hall–Kier alpha value is -1.42. The minimum absolute atomic E-state index is 0.188. The van der Waals surface area contributed by atoms with Crippen LogP contribution in [0.4, 0.5) is 0 Å². The van der Waals surface area contributed by atoms with Crippen molar-refractivity contribution in [2.75, 3.05) is 0 Å². The molecule has 0 fully saturated rings. The molecule has 70 valence electrons. The zero-order valence-electron chi connectivity index (χ0n) is 6.94. The highest BCUT2D eigenvalue weighted by Gasteiger charge is 2.03. The van der Waals surface area contributed by atoms with E-state index in [-0.39, 0.29) is 5.70 Å².